The molecule has 0 radical (unpaired) electrons. The van der Waals surface area contributed by atoms with Gasteiger partial charge in [0.2, 0.25) is 5.91 Å². The largest absolute Gasteiger partial charge is 0.333 e. The first-order valence-electron chi connectivity index (χ1n) is 9.77. The summed E-state index contributed by atoms with van der Waals surface area (Å²) in [5.41, 5.74) is 1.08. The second-order valence-corrected chi connectivity index (χ2v) is 7.95. The van der Waals surface area contributed by atoms with E-state index in [1.807, 2.05) is 23.1 Å². The van der Waals surface area contributed by atoms with Gasteiger partial charge >= 0.3 is 0 Å². The normalized spacial score (nSPS) is 25.4. The van der Waals surface area contributed by atoms with Gasteiger partial charge in [-0.05, 0) is 31.6 Å². The number of benzene rings is 1. The van der Waals surface area contributed by atoms with Crippen LogP contribution >= 0.6 is 24.8 Å². The van der Waals surface area contributed by atoms with E-state index in [1.165, 1.54) is 12.8 Å². The topological polar surface area (TPSA) is 63.1 Å². The smallest absolute Gasteiger partial charge is 0.223 e. The van der Waals surface area contributed by atoms with E-state index in [0.717, 1.165) is 43.1 Å². The van der Waals surface area contributed by atoms with E-state index in [9.17, 15) is 4.79 Å². The van der Waals surface area contributed by atoms with Crippen LogP contribution in [0.1, 0.15) is 37.9 Å². The van der Waals surface area contributed by atoms with E-state index in [4.69, 9.17) is 0 Å². The Kier molecular flexibility index (Phi) is 6.63. The van der Waals surface area contributed by atoms with Crippen molar-refractivity contribution in [3.63, 3.8) is 0 Å². The standard InChI is InChI=1S/C20H25N5O.2ClH/c26-19(12-14-10-16-6-7-17(11-14)21-16)24-8-9-25-18(13-24)22-23-20(25)15-4-2-1-3-5-15;;/h1-5,14,16-17,21H,6-13H2;2*1H. The third-order valence-corrected chi connectivity index (χ3v) is 6.17. The molecule has 152 valence electrons. The van der Waals surface area contributed by atoms with Crippen LogP contribution in [0.4, 0.5) is 0 Å². The average molecular weight is 424 g/mol. The van der Waals surface area contributed by atoms with Crippen LogP contribution in [0.5, 0.6) is 0 Å². The molecule has 3 aliphatic rings. The van der Waals surface area contributed by atoms with Gasteiger partial charge in [0.1, 0.15) is 0 Å². The van der Waals surface area contributed by atoms with Gasteiger partial charge in [0.25, 0.3) is 0 Å². The number of carbonyl (C=O) groups excluding carboxylic acids is 1. The van der Waals surface area contributed by atoms with Gasteiger partial charge in [0.15, 0.2) is 11.6 Å². The van der Waals surface area contributed by atoms with Crippen LogP contribution in [0.3, 0.4) is 0 Å². The zero-order valence-electron chi connectivity index (χ0n) is 15.8. The van der Waals surface area contributed by atoms with Crippen molar-refractivity contribution >= 4 is 30.7 Å². The Morgan fingerprint density at radius 2 is 1.75 bits per heavy atom. The minimum Gasteiger partial charge on any atom is -0.333 e. The molecule has 2 bridgehead atoms. The van der Waals surface area contributed by atoms with E-state index in [1.54, 1.807) is 0 Å². The van der Waals surface area contributed by atoms with Crippen LogP contribution in [-0.2, 0) is 17.9 Å². The SMILES string of the molecule is Cl.Cl.O=C(CC1CC2CCC(C1)N2)N1CCn2c(nnc2-c2ccccc2)C1. The molecule has 1 amide bonds. The quantitative estimate of drug-likeness (QED) is 0.823. The first-order valence-corrected chi connectivity index (χ1v) is 9.77. The molecule has 1 N–H and O–H groups in total. The van der Waals surface area contributed by atoms with Gasteiger partial charge in [-0.15, -0.1) is 35.0 Å². The van der Waals surface area contributed by atoms with Gasteiger partial charge in [-0.25, -0.2) is 0 Å². The Balaban J connectivity index is 0.00000112. The molecule has 1 aromatic heterocycles. The Morgan fingerprint density at radius 3 is 2.46 bits per heavy atom. The maximum atomic E-state index is 12.8. The fourth-order valence-electron chi connectivity index (χ4n) is 4.89. The zero-order valence-corrected chi connectivity index (χ0v) is 17.4. The van der Waals surface area contributed by atoms with Crippen LogP contribution in [0, 0.1) is 5.92 Å². The van der Waals surface area contributed by atoms with Crippen LogP contribution < -0.4 is 5.32 Å². The second kappa shape index (κ2) is 8.80. The van der Waals surface area contributed by atoms with E-state index in [2.05, 4.69) is 32.2 Å². The molecular weight excluding hydrogens is 397 g/mol. The molecule has 4 heterocycles. The number of halogens is 2. The Morgan fingerprint density at radius 1 is 1.04 bits per heavy atom. The third kappa shape index (κ3) is 4.04. The monoisotopic (exact) mass is 423 g/mol. The molecule has 2 fully saturated rings. The number of rotatable bonds is 3. The summed E-state index contributed by atoms with van der Waals surface area (Å²) >= 11 is 0. The van der Waals surface area contributed by atoms with Gasteiger partial charge in [-0.1, -0.05) is 30.3 Å². The molecule has 2 unspecified atom stereocenters. The summed E-state index contributed by atoms with van der Waals surface area (Å²) in [4.78, 5) is 14.8. The van der Waals surface area contributed by atoms with Crippen molar-refractivity contribution < 1.29 is 4.79 Å². The van der Waals surface area contributed by atoms with E-state index in [0.29, 0.717) is 31.0 Å². The lowest BCUT2D eigenvalue weighted by Gasteiger charge is -2.32. The number of carbonyl (C=O) groups is 1. The number of fused-ring (bicyclic) bond motifs is 3. The van der Waals surface area contributed by atoms with Crippen molar-refractivity contribution in [3.8, 4) is 11.4 Å². The summed E-state index contributed by atoms with van der Waals surface area (Å²) in [6.07, 6.45) is 5.57. The summed E-state index contributed by atoms with van der Waals surface area (Å²) in [7, 11) is 0. The molecule has 2 saturated heterocycles. The second-order valence-electron chi connectivity index (χ2n) is 7.95. The summed E-state index contributed by atoms with van der Waals surface area (Å²) in [5.74, 6) is 2.63. The number of aromatic nitrogens is 3. The molecule has 0 aliphatic carbocycles. The van der Waals surface area contributed by atoms with Crippen LogP contribution in [0.2, 0.25) is 0 Å². The predicted octanol–water partition coefficient (Wildman–Crippen LogP) is 3.05. The van der Waals surface area contributed by atoms with Crippen LogP contribution in [0.15, 0.2) is 30.3 Å². The van der Waals surface area contributed by atoms with Crippen molar-refractivity contribution in [1.29, 1.82) is 0 Å². The number of hydrogen-bond acceptors (Lipinski definition) is 4. The minimum atomic E-state index is 0. The number of amides is 1. The fraction of sp³-hybridized carbons (Fsp3) is 0.550. The molecule has 28 heavy (non-hydrogen) atoms. The molecule has 2 aromatic rings. The molecule has 6 nitrogen and oxygen atoms in total. The minimum absolute atomic E-state index is 0. The van der Waals surface area contributed by atoms with Gasteiger partial charge in [0, 0.05) is 37.2 Å². The van der Waals surface area contributed by atoms with Crippen molar-refractivity contribution in [2.75, 3.05) is 6.54 Å². The van der Waals surface area contributed by atoms with Crippen LogP contribution in [-0.4, -0.2) is 44.2 Å². The Labute approximate surface area is 177 Å². The highest BCUT2D eigenvalue weighted by molar-refractivity contribution is 5.85. The molecule has 5 rings (SSSR count). The number of piperidine rings is 1. The molecule has 2 atom stereocenters. The highest BCUT2D eigenvalue weighted by Crippen LogP contribution is 2.33. The Hall–Kier alpha value is -1.63. The number of nitrogens with one attached hydrogen (secondary N) is 1. The van der Waals surface area contributed by atoms with Gasteiger partial charge in [-0.3, -0.25) is 4.79 Å². The van der Waals surface area contributed by atoms with E-state index in [-0.39, 0.29) is 30.7 Å². The molecular formula is C20H27Cl2N5O. The molecule has 1 aromatic carbocycles. The third-order valence-electron chi connectivity index (χ3n) is 6.17. The first kappa shape index (κ1) is 21.1. The van der Waals surface area contributed by atoms with Gasteiger partial charge in [0.05, 0.1) is 6.54 Å². The summed E-state index contributed by atoms with van der Waals surface area (Å²) in [5, 5.41) is 12.4. The van der Waals surface area contributed by atoms with Crippen molar-refractivity contribution in [1.82, 2.24) is 25.0 Å². The van der Waals surface area contributed by atoms with Gasteiger partial charge in [-0.2, -0.15) is 0 Å². The van der Waals surface area contributed by atoms with Crippen molar-refractivity contribution in [2.45, 2.75) is 57.3 Å². The van der Waals surface area contributed by atoms with Gasteiger partial charge < -0.3 is 14.8 Å². The highest BCUT2D eigenvalue weighted by Gasteiger charge is 2.35. The zero-order chi connectivity index (χ0) is 17.5. The van der Waals surface area contributed by atoms with Crippen molar-refractivity contribution in [2.24, 2.45) is 5.92 Å². The molecule has 0 saturated carbocycles. The average Bonchev–Trinajstić information content (AvgIpc) is 3.24. The lowest BCUT2D eigenvalue weighted by Crippen LogP contribution is -2.42. The Bertz CT molecular complexity index is 800. The summed E-state index contributed by atoms with van der Waals surface area (Å²) in [6, 6.07) is 11.4. The molecule has 8 heteroatoms. The maximum Gasteiger partial charge on any atom is 0.223 e. The first-order chi connectivity index (χ1) is 12.8. The highest BCUT2D eigenvalue weighted by atomic mass is 35.5. The maximum absolute atomic E-state index is 12.8. The number of hydrogen-bond donors (Lipinski definition) is 1. The lowest BCUT2D eigenvalue weighted by atomic mass is 9.89. The fourth-order valence-corrected chi connectivity index (χ4v) is 4.89. The molecule has 0 spiro atoms. The molecule has 3 aliphatic heterocycles. The predicted molar refractivity (Wildman–Crippen MR) is 113 cm³/mol. The summed E-state index contributed by atoms with van der Waals surface area (Å²) < 4.78 is 2.16. The summed E-state index contributed by atoms with van der Waals surface area (Å²) in [6.45, 7) is 2.10. The van der Waals surface area contributed by atoms with Crippen LogP contribution in [0.25, 0.3) is 11.4 Å². The van der Waals surface area contributed by atoms with E-state index >= 15 is 0 Å². The lowest BCUT2D eigenvalue weighted by molar-refractivity contribution is -0.134. The van der Waals surface area contributed by atoms with E-state index < -0.39 is 0 Å². The number of nitrogens with zero attached hydrogens (tertiary/aromatic N) is 4. The van der Waals surface area contributed by atoms with Crippen molar-refractivity contribution in [3.05, 3.63) is 36.2 Å².